The highest BCUT2D eigenvalue weighted by atomic mass is 79.9. The fraction of sp³-hybridized carbons (Fsp3) is 0.308. The molecule has 0 saturated heterocycles. The van der Waals surface area contributed by atoms with Crippen LogP contribution in [0.15, 0.2) is 28.9 Å². The Balaban J connectivity index is 2.30. The maximum atomic E-state index is 5.36. The van der Waals surface area contributed by atoms with Gasteiger partial charge in [0.2, 0.25) is 0 Å². The lowest BCUT2D eigenvalue weighted by Gasteiger charge is -2.07. The molecule has 0 saturated carbocycles. The van der Waals surface area contributed by atoms with Crippen LogP contribution < -0.4 is 10.1 Å². The van der Waals surface area contributed by atoms with Crippen molar-refractivity contribution in [2.45, 2.75) is 13.5 Å². The Hall–Kier alpha value is -1.33. The van der Waals surface area contributed by atoms with Crippen molar-refractivity contribution in [3.63, 3.8) is 0 Å². The van der Waals surface area contributed by atoms with Gasteiger partial charge < -0.3 is 15.0 Å². The van der Waals surface area contributed by atoms with Crippen molar-refractivity contribution in [2.75, 3.05) is 13.7 Å². The Morgan fingerprint density at radius 2 is 2.28 bits per heavy atom. The van der Waals surface area contributed by atoms with Crippen LogP contribution in [0.1, 0.15) is 12.7 Å². The molecule has 96 valence electrons. The normalized spacial score (nSPS) is 10.6. The number of benzene rings is 1. The third-order valence-corrected chi connectivity index (χ3v) is 3.12. The summed E-state index contributed by atoms with van der Waals surface area (Å²) in [6.45, 7) is 3.74. The molecule has 0 radical (unpaired) electrons. The van der Waals surface area contributed by atoms with Crippen LogP contribution in [0.4, 0.5) is 0 Å². The third kappa shape index (κ3) is 2.91. The molecular weight excluding hydrogens is 294 g/mol. The number of aromatic nitrogens is 2. The molecular formula is C13H16BrN3O. The highest BCUT2D eigenvalue weighted by molar-refractivity contribution is 9.10. The molecule has 1 aromatic heterocycles. The zero-order valence-corrected chi connectivity index (χ0v) is 12.0. The molecule has 0 bridgehead atoms. The number of rotatable bonds is 5. The van der Waals surface area contributed by atoms with Crippen molar-refractivity contribution < 1.29 is 4.74 Å². The number of nitrogens with one attached hydrogen (secondary N) is 2. The molecule has 0 aliphatic carbocycles. The van der Waals surface area contributed by atoms with Crippen LogP contribution in [0.25, 0.3) is 11.3 Å². The van der Waals surface area contributed by atoms with E-state index < -0.39 is 0 Å². The lowest BCUT2D eigenvalue weighted by Crippen LogP contribution is -2.12. The standard InChI is InChI=1S/C13H16BrN3O/c1-3-15-8-13-16-7-11(17-13)10-6-9(14)4-5-12(10)18-2/h4-7,15H,3,8H2,1-2H3,(H,16,17). The second-order valence-electron chi connectivity index (χ2n) is 3.87. The molecule has 0 spiro atoms. The van der Waals surface area contributed by atoms with E-state index in [9.17, 15) is 0 Å². The van der Waals surface area contributed by atoms with E-state index in [0.717, 1.165) is 40.4 Å². The van der Waals surface area contributed by atoms with E-state index in [1.807, 2.05) is 24.4 Å². The number of hydrogen-bond acceptors (Lipinski definition) is 3. The number of nitrogens with zero attached hydrogens (tertiary/aromatic N) is 1. The van der Waals surface area contributed by atoms with Gasteiger partial charge in [-0.2, -0.15) is 0 Å². The fourth-order valence-electron chi connectivity index (χ4n) is 1.72. The van der Waals surface area contributed by atoms with Crippen molar-refractivity contribution in [1.29, 1.82) is 0 Å². The molecule has 2 rings (SSSR count). The largest absolute Gasteiger partial charge is 0.496 e. The van der Waals surface area contributed by atoms with E-state index in [4.69, 9.17) is 4.74 Å². The summed E-state index contributed by atoms with van der Waals surface area (Å²) in [7, 11) is 1.67. The average Bonchev–Trinajstić information content (AvgIpc) is 2.85. The van der Waals surface area contributed by atoms with E-state index in [1.54, 1.807) is 7.11 Å². The van der Waals surface area contributed by atoms with Crippen LogP contribution >= 0.6 is 15.9 Å². The predicted molar refractivity (Wildman–Crippen MR) is 75.7 cm³/mol. The first-order valence-electron chi connectivity index (χ1n) is 5.83. The third-order valence-electron chi connectivity index (χ3n) is 2.62. The molecule has 0 amide bonds. The number of aromatic amines is 1. The van der Waals surface area contributed by atoms with Gasteiger partial charge in [0.15, 0.2) is 0 Å². The molecule has 0 aliphatic heterocycles. The first-order valence-corrected chi connectivity index (χ1v) is 6.62. The van der Waals surface area contributed by atoms with Crippen LogP contribution in [-0.4, -0.2) is 23.6 Å². The minimum absolute atomic E-state index is 0.743. The van der Waals surface area contributed by atoms with E-state index in [-0.39, 0.29) is 0 Å². The SMILES string of the molecule is CCNCc1ncc(-c2cc(Br)ccc2OC)[nH]1. The zero-order chi connectivity index (χ0) is 13.0. The van der Waals surface area contributed by atoms with Crippen LogP contribution in [0, 0.1) is 0 Å². The summed E-state index contributed by atoms with van der Waals surface area (Å²) in [6.07, 6.45) is 1.83. The number of hydrogen-bond donors (Lipinski definition) is 2. The first kappa shape index (κ1) is 13.1. The fourth-order valence-corrected chi connectivity index (χ4v) is 2.08. The highest BCUT2D eigenvalue weighted by Crippen LogP contribution is 2.31. The Labute approximate surface area is 115 Å². The molecule has 0 atom stereocenters. The number of halogens is 1. The van der Waals surface area contributed by atoms with Gasteiger partial charge in [0.05, 0.1) is 25.5 Å². The average molecular weight is 310 g/mol. The summed E-state index contributed by atoms with van der Waals surface area (Å²) in [5.41, 5.74) is 1.96. The predicted octanol–water partition coefficient (Wildman–Crippen LogP) is 2.96. The molecule has 0 fully saturated rings. The minimum Gasteiger partial charge on any atom is -0.496 e. The second kappa shape index (κ2) is 6.02. The molecule has 18 heavy (non-hydrogen) atoms. The molecule has 1 aromatic carbocycles. The van der Waals surface area contributed by atoms with Gasteiger partial charge >= 0.3 is 0 Å². The van der Waals surface area contributed by atoms with Gasteiger partial charge in [-0.3, -0.25) is 0 Å². The number of imidazole rings is 1. The Morgan fingerprint density at radius 3 is 3.00 bits per heavy atom. The lowest BCUT2D eigenvalue weighted by molar-refractivity contribution is 0.416. The molecule has 2 aromatic rings. The van der Waals surface area contributed by atoms with Gasteiger partial charge in [-0.05, 0) is 24.7 Å². The maximum absolute atomic E-state index is 5.36. The van der Waals surface area contributed by atoms with Crippen molar-refractivity contribution in [2.24, 2.45) is 0 Å². The summed E-state index contributed by atoms with van der Waals surface area (Å²) < 4.78 is 6.38. The van der Waals surface area contributed by atoms with Gasteiger partial charge in [0, 0.05) is 10.0 Å². The molecule has 0 aliphatic rings. The minimum atomic E-state index is 0.743. The Kier molecular flexibility index (Phi) is 4.38. The molecule has 4 nitrogen and oxygen atoms in total. The van der Waals surface area contributed by atoms with Crippen LogP contribution in [0.3, 0.4) is 0 Å². The molecule has 5 heteroatoms. The van der Waals surface area contributed by atoms with Crippen molar-refractivity contribution in [3.05, 3.63) is 34.7 Å². The van der Waals surface area contributed by atoms with Gasteiger partial charge in [0.25, 0.3) is 0 Å². The van der Waals surface area contributed by atoms with Gasteiger partial charge in [-0.1, -0.05) is 22.9 Å². The van der Waals surface area contributed by atoms with E-state index in [1.165, 1.54) is 0 Å². The summed E-state index contributed by atoms with van der Waals surface area (Å²) >= 11 is 3.47. The number of methoxy groups -OCH3 is 1. The Bertz CT molecular complexity index is 525. The van der Waals surface area contributed by atoms with Gasteiger partial charge in [-0.25, -0.2) is 4.98 Å². The topological polar surface area (TPSA) is 49.9 Å². The molecule has 0 unspecified atom stereocenters. The first-order chi connectivity index (χ1) is 8.74. The van der Waals surface area contributed by atoms with Crippen molar-refractivity contribution >= 4 is 15.9 Å². The lowest BCUT2D eigenvalue weighted by atomic mass is 10.1. The zero-order valence-electron chi connectivity index (χ0n) is 10.5. The van der Waals surface area contributed by atoms with E-state index >= 15 is 0 Å². The van der Waals surface area contributed by atoms with Gasteiger partial charge in [0.1, 0.15) is 11.6 Å². The van der Waals surface area contributed by atoms with Gasteiger partial charge in [-0.15, -0.1) is 0 Å². The summed E-state index contributed by atoms with van der Waals surface area (Å²) in [6, 6.07) is 5.91. The van der Waals surface area contributed by atoms with Crippen LogP contribution in [-0.2, 0) is 6.54 Å². The van der Waals surface area contributed by atoms with Crippen molar-refractivity contribution in [3.8, 4) is 17.0 Å². The van der Waals surface area contributed by atoms with Crippen LogP contribution in [0.5, 0.6) is 5.75 Å². The summed E-state index contributed by atoms with van der Waals surface area (Å²) in [5.74, 6) is 1.76. The number of ether oxygens (including phenoxy) is 1. The molecule has 1 heterocycles. The van der Waals surface area contributed by atoms with E-state index in [0.29, 0.717) is 0 Å². The second-order valence-corrected chi connectivity index (χ2v) is 4.78. The van der Waals surface area contributed by atoms with Crippen LogP contribution in [0.2, 0.25) is 0 Å². The molecule has 2 N–H and O–H groups in total. The highest BCUT2D eigenvalue weighted by Gasteiger charge is 2.09. The Morgan fingerprint density at radius 1 is 1.44 bits per heavy atom. The maximum Gasteiger partial charge on any atom is 0.128 e. The van der Waals surface area contributed by atoms with Crippen molar-refractivity contribution in [1.82, 2.24) is 15.3 Å². The monoisotopic (exact) mass is 309 g/mol. The quantitative estimate of drug-likeness (QED) is 0.893. The summed E-state index contributed by atoms with van der Waals surface area (Å²) in [4.78, 5) is 7.64. The van der Waals surface area contributed by atoms with E-state index in [2.05, 4.69) is 38.1 Å². The smallest absolute Gasteiger partial charge is 0.128 e. The number of H-pyrrole nitrogens is 1. The summed E-state index contributed by atoms with van der Waals surface area (Å²) in [5, 5.41) is 3.24.